The number of carboxylic acid groups (broad SMARTS) is 1. The number of carbonyl (C=O) groups is 3. The maximum absolute atomic E-state index is 12.8. The number of carboxylic acids is 1. The highest BCUT2D eigenvalue weighted by Gasteiger charge is 2.21. The second-order valence-electron chi connectivity index (χ2n) is 5.61. The Kier molecular flexibility index (Phi) is 8.42. The zero-order valence-corrected chi connectivity index (χ0v) is 14.5. The molecule has 1 rings (SSSR count). The lowest BCUT2D eigenvalue weighted by atomic mass is 10.1. The number of benzene rings is 1. The first-order valence-electron chi connectivity index (χ1n) is 8.11. The molecule has 0 fully saturated rings. The maximum Gasteiger partial charge on any atom is 0.316 e. The number of carbonyl (C=O) groups excluding carboxylic acids is 2. The number of nitrogens with one attached hydrogen (secondary N) is 1. The molecule has 1 aromatic rings. The number of aliphatic carboxylic acids is 1. The number of hydrogen-bond donors (Lipinski definition) is 3. The lowest BCUT2D eigenvalue weighted by Gasteiger charge is -2.25. The lowest BCUT2D eigenvalue weighted by molar-refractivity contribution is -0.141. The lowest BCUT2D eigenvalue weighted by Crippen LogP contribution is -2.38. The zero-order valence-electron chi connectivity index (χ0n) is 14.5. The highest BCUT2D eigenvalue weighted by molar-refractivity contribution is 5.96. The van der Waals surface area contributed by atoms with Crippen molar-refractivity contribution < 1.29 is 24.2 Å². The van der Waals surface area contributed by atoms with Crippen molar-refractivity contribution in [3.05, 3.63) is 29.8 Å². The number of nitrogens with two attached hydrogens (primary N) is 1. The minimum Gasteiger partial charge on any atom is -0.481 e. The van der Waals surface area contributed by atoms with E-state index in [0.717, 1.165) is 0 Å². The van der Waals surface area contributed by atoms with Crippen LogP contribution in [0.5, 0.6) is 0 Å². The molecule has 0 bridgehead atoms. The Hall–Kier alpha value is -2.61. The normalized spacial score (nSPS) is 11.6. The summed E-state index contributed by atoms with van der Waals surface area (Å²) in [6.07, 6.45) is 0.602. The minimum absolute atomic E-state index is 0.0910. The van der Waals surface area contributed by atoms with Gasteiger partial charge >= 0.3 is 12.0 Å². The van der Waals surface area contributed by atoms with Crippen LogP contribution in [0.1, 0.15) is 30.6 Å². The molecule has 0 spiro atoms. The first-order valence-corrected chi connectivity index (χ1v) is 8.11. The monoisotopic (exact) mass is 351 g/mol. The highest BCUT2D eigenvalue weighted by Crippen LogP contribution is 2.14. The number of amides is 3. The van der Waals surface area contributed by atoms with Gasteiger partial charge in [-0.2, -0.15) is 0 Å². The molecule has 0 aromatic heterocycles. The fourth-order valence-corrected chi connectivity index (χ4v) is 2.24. The van der Waals surface area contributed by atoms with E-state index < -0.39 is 17.9 Å². The third kappa shape index (κ3) is 7.21. The Bertz CT molecular complexity index is 606. The van der Waals surface area contributed by atoms with Crippen LogP contribution in [-0.2, 0) is 9.53 Å². The van der Waals surface area contributed by atoms with E-state index in [9.17, 15) is 14.4 Å². The van der Waals surface area contributed by atoms with Gasteiger partial charge in [0.1, 0.15) is 0 Å². The van der Waals surface area contributed by atoms with E-state index >= 15 is 0 Å². The van der Waals surface area contributed by atoms with Crippen LogP contribution in [0, 0.1) is 5.92 Å². The Balaban J connectivity index is 2.89. The Morgan fingerprint density at radius 3 is 2.68 bits per heavy atom. The number of rotatable bonds is 10. The largest absolute Gasteiger partial charge is 0.481 e. The first kappa shape index (κ1) is 20.4. The zero-order chi connectivity index (χ0) is 18.8. The van der Waals surface area contributed by atoms with Gasteiger partial charge in [-0.1, -0.05) is 13.0 Å². The van der Waals surface area contributed by atoms with Crippen molar-refractivity contribution in [2.24, 2.45) is 11.7 Å². The van der Waals surface area contributed by atoms with E-state index in [-0.39, 0.29) is 12.5 Å². The van der Waals surface area contributed by atoms with Crippen LogP contribution in [0.2, 0.25) is 0 Å². The average molecular weight is 351 g/mol. The number of nitrogens with zero attached hydrogens (tertiary/aromatic N) is 1. The number of urea groups is 1. The van der Waals surface area contributed by atoms with Gasteiger partial charge in [-0.05, 0) is 31.5 Å². The summed E-state index contributed by atoms with van der Waals surface area (Å²) in [5.41, 5.74) is 5.83. The second kappa shape index (κ2) is 10.3. The summed E-state index contributed by atoms with van der Waals surface area (Å²) in [5, 5.41) is 11.5. The van der Waals surface area contributed by atoms with E-state index in [1.54, 1.807) is 25.1 Å². The van der Waals surface area contributed by atoms with Crippen LogP contribution in [0.25, 0.3) is 0 Å². The van der Waals surface area contributed by atoms with E-state index in [1.807, 2.05) is 6.92 Å². The van der Waals surface area contributed by atoms with Crippen molar-refractivity contribution in [3.63, 3.8) is 0 Å². The molecule has 8 nitrogen and oxygen atoms in total. The summed E-state index contributed by atoms with van der Waals surface area (Å²) >= 11 is 0. The van der Waals surface area contributed by atoms with E-state index in [0.29, 0.717) is 37.4 Å². The molecule has 0 saturated carbocycles. The van der Waals surface area contributed by atoms with Crippen LogP contribution >= 0.6 is 0 Å². The van der Waals surface area contributed by atoms with Crippen molar-refractivity contribution >= 4 is 23.6 Å². The molecule has 0 radical (unpaired) electrons. The smallest absolute Gasteiger partial charge is 0.316 e. The summed E-state index contributed by atoms with van der Waals surface area (Å²) in [7, 11) is 0. The van der Waals surface area contributed by atoms with Gasteiger partial charge in [0.25, 0.3) is 5.91 Å². The predicted molar refractivity (Wildman–Crippen MR) is 93.5 cm³/mol. The van der Waals surface area contributed by atoms with Crippen molar-refractivity contribution in [1.82, 2.24) is 4.90 Å². The van der Waals surface area contributed by atoms with Crippen molar-refractivity contribution in [3.8, 4) is 0 Å². The number of primary amides is 1. The quantitative estimate of drug-likeness (QED) is 0.555. The molecule has 0 aliphatic heterocycles. The molecule has 1 unspecified atom stereocenters. The summed E-state index contributed by atoms with van der Waals surface area (Å²) in [6, 6.07) is 5.62. The van der Waals surface area contributed by atoms with Crippen molar-refractivity contribution in [2.75, 3.05) is 31.6 Å². The predicted octanol–water partition coefficient (Wildman–Crippen LogP) is 1.77. The molecule has 8 heteroatoms. The molecule has 1 aromatic carbocycles. The molecular formula is C17H25N3O5. The molecule has 138 valence electrons. The Labute approximate surface area is 146 Å². The maximum atomic E-state index is 12.8. The van der Waals surface area contributed by atoms with Crippen molar-refractivity contribution in [2.45, 2.75) is 20.3 Å². The fourth-order valence-electron chi connectivity index (χ4n) is 2.24. The van der Waals surface area contributed by atoms with Gasteiger partial charge in [-0.15, -0.1) is 0 Å². The standard InChI is InChI=1S/C17H25N3O5/c1-3-25-9-5-8-20(11-12(2)16(22)23)15(21)13-6-4-7-14(10-13)19-17(18)24/h4,6-7,10,12H,3,5,8-9,11H2,1-2H3,(H,22,23)(H3,18,19,24). The summed E-state index contributed by atoms with van der Waals surface area (Å²) in [4.78, 5) is 36.3. The van der Waals surface area contributed by atoms with Gasteiger partial charge in [0.05, 0.1) is 5.92 Å². The summed E-state index contributed by atoms with van der Waals surface area (Å²) in [5.74, 6) is -1.97. The number of ether oxygens (including phenoxy) is 1. The third-order valence-electron chi connectivity index (χ3n) is 3.50. The van der Waals surface area contributed by atoms with Crippen LogP contribution in [0.15, 0.2) is 24.3 Å². The molecule has 25 heavy (non-hydrogen) atoms. The second-order valence-corrected chi connectivity index (χ2v) is 5.61. The molecule has 4 N–H and O–H groups in total. The minimum atomic E-state index is -0.966. The van der Waals surface area contributed by atoms with Gasteiger partial charge in [-0.25, -0.2) is 4.79 Å². The number of anilines is 1. The van der Waals surface area contributed by atoms with E-state index in [1.165, 1.54) is 11.0 Å². The molecule has 0 aliphatic carbocycles. The van der Waals surface area contributed by atoms with Gasteiger partial charge in [-0.3, -0.25) is 9.59 Å². The van der Waals surface area contributed by atoms with Crippen LogP contribution < -0.4 is 11.1 Å². The Morgan fingerprint density at radius 1 is 1.36 bits per heavy atom. The van der Waals surface area contributed by atoms with Gasteiger partial charge in [0, 0.05) is 37.6 Å². The molecule has 0 aliphatic rings. The van der Waals surface area contributed by atoms with Crippen LogP contribution in [0.4, 0.5) is 10.5 Å². The highest BCUT2D eigenvalue weighted by atomic mass is 16.5. The Morgan fingerprint density at radius 2 is 2.08 bits per heavy atom. The first-order chi connectivity index (χ1) is 11.8. The van der Waals surface area contributed by atoms with E-state index in [4.69, 9.17) is 15.6 Å². The van der Waals surface area contributed by atoms with Crippen LogP contribution in [0.3, 0.4) is 0 Å². The SMILES string of the molecule is CCOCCCN(CC(C)C(=O)O)C(=O)c1cccc(NC(N)=O)c1. The molecule has 3 amide bonds. The fraction of sp³-hybridized carbons (Fsp3) is 0.471. The van der Waals surface area contributed by atoms with Crippen LogP contribution in [-0.4, -0.2) is 54.2 Å². The molecular weight excluding hydrogens is 326 g/mol. The molecule has 0 saturated heterocycles. The number of hydrogen-bond acceptors (Lipinski definition) is 4. The van der Waals surface area contributed by atoms with Gasteiger partial charge in [0.2, 0.25) is 0 Å². The molecule has 0 heterocycles. The van der Waals surface area contributed by atoms with E-state index in [2.05, 4.69) is 5.32 Å². The summed E-state index contributed by atoms with van der Waals surface area (Å²) in [6.45, 7) is 4.98. The van der Waals surface area contributed by atoms with Gasteiger partial charge in [0.15, 0.2) is 0 Å². The summed E-state index contributed by atoms with van der Waals surface area (Å²) < 4.78 is 5.27. The average Bonchev–Trinajstić information content (AvgIpc) is 2.56. The third-order valence-corrected chi connectivity index (χ3v) is 3.50. The topological polar surface area (TPSA) is 122 Å². The molecule has 1 atom stereocenters. The van der Waals surface area contributed by atoms with Crippen molar-refractivity contribution in [1.29, 1.82) is 0 Å². The van der Waals surface area contributed by atoms with Gasteiger partial charge < -0.3 is 25.8 Å².